The highest BCUT2D eigenvalue weighted by atomic mass is 16.5. The molecule has 4 N–H and O–H groups in total. The van der Waals surface area contributed by atoms with Gasteiger partial charge in [0.15, 0.2) is 11.6 Å². The Hall–Kier alpha value is -3.75. The Morgan fingerprint density at radius 3 is 2.74 bits per heavy atom. The number of hydrogen-bond acceptors (Lipinski definition) is 8. The number of hydrazine groups is 1. The fraction of sp³-hybridized carbons (Fsp3) is 0.167. The van der Waals surface area contributed by atoms with Crippen LogP contribution in [-0.4, -0.2) is 29.6 Å². The van der Waals surface area contributed by atoms with E-state index in [1.807, 2.05) is 24.3 Å². The van der Waals surface area contributed by atoms with E-state index in [-0.39, 0.29) is 11.7 Å². The normalized spacial score (nSPS) is 10.3. The lowest BCUT2D eigenvalue weighted by atomic mass is 10.1. The van der Waals surface area contributed by atoms with Gasteiger partial charge in [-0.05, 0) is 29.8 Å². The van der Waals surface area contributed by atoms with E-state index >= 15 is 0 Å². The third kappa shape index (κ3) is 5.11. The van der Waals surface area contributed by atoms with Gasteiger partial charge in [-0.2, -0.15) is 9.97 Å². The second-order valence-corrected chi connectivity index (χ2v) is 5.45. The molecule has 0 saturated heterocycles. The Labute approximate surface area is 155 Å². The summed E-state index contributed by atoms with van der Waals surface area (Å²) in [6.07, 6.45) is 2.10. The minimum atomic E-state index is -0.445. The van der Waals surface area contributed by atoms with Crippen molar-refractivity contribution >= 4 is 17.7 Å². The molecule has 2 aromatic heterocycles. The first-order valence-electron chi connectivity index (χ1n) is 8.14. The van der Waals surface area contributed by atoms with Gasteiger partial charge in [0, 0.05) is 12.5 Å². The fourth-order valence-electron chi connectivity index (χ4n) is 2.24. The number of benzene rings is 1. The zero-order chi connectivity index (χ0) is 19.1. The van der Waals surface area contributed by atoms with Crippen molar-refractivity contribution in [2.45, 2.75) is 6.42 Å². The van der Waals surface area contributed by atoms with Crippen LogP contribution in [0.5, 0.6) is 11.6 Å². The number of methoxy groups -OCH3 is 1. The van der Waals surface area contributed by atoms with Crippen molar-refractivity contribution in [3.8, 4) is 11.6 Å². The zero-order valence-corrected chi connectivity index (χ0v) is 14.6. The number of furan rings is 1. The third-order valence-electron chi connectivity index (χ3n) is 3.57. The van der Waals surface area contributed by atoms with Gasteiger partial charge >= 0.3 is 5.91 Å². The van der Waals surface area contributed by atoms with Gasteiger partial charge in [0.05, 0.1) is 20.0 Å². The molecule has 27 heavy (non-hydrogen) atoms. The fourth-order valence-corrected chi connectivity index (χ4v) is 2.24. The Bertz CT molecular complexity index is 881. The summed E-state index contributed by atoms with van der Waals surface area (Å²) in [5.74, 6) is 1.13. The number of nitrogen functional groups attached to an aromatic ring is 1. The van der Waals surface area contributed by atoms with Crippen LogP contribution in [0.4, 0.5) is 11.8 Å². The first kappa shape index (κ1) is 18.1. The number of carbonyl (C=O) groups is 1. The van der Waals surface area contributed by atoms with E-state index < -0.39 is 5.91 Å². The molecule has 1 amide bonds. The van der Waals surface area contributed by atoms with Gasteiger partial charge in [0.2, 0.25) is 11.8 Å². The molecule has 0 saturated carbocycles. The Balaban J connectivity index is 1.53. The molecule has 3 rings (SSSR count). The van der Waals surface area contributed by atoms with E-state index in [1.54, 1.807) is 19.2 Å². The monoisotopic (exact) mass is 369 g/mol. The molecule has 0 aliphatic rings. The van der Waals surface area contributed by atoms with Crippen molar-refractivity contribution in [1.82, 2.24) is 15.4 Å². The molecule has 9 heteroatoms. The molecule has 0 spiro atoms. The topological polar surface area (TPSA) is 125 Å². The number of anilines is 2. The summed E-state index contributed by atoms with van der Waals surface area (Å²) in [7, 11) is 1.63. The minimum absolute atomic E-state index is 0.0201. The molecule has 1 aromatic carbocycles. The predicted molar refractivity (Wildman–Crippen MR) is 98.4 cm³/mol. The van der Waals surface area contributed by atoms with Gasteiger partial charge in [-0.3, -0.25) is 15.6 Å². The highest BCUT2D eigenvalue weighted by Crippen LogP contribution is 2.16. The van der Waals surface area contributed by atoms with E-state index in [1.165, 1.54) is 12.3 Å². The first-order chi connectivity index (χ1) is 13.1. The number of nitrogens with two attached hydrogens (primary N) is 1. The average Bonchev–Trinajstić information content (AvgIpc) is 3.21. The smallest absolute Gasteiger partial charge is 0.305 e. The largest absolute Gasteiger partial charge is 0.497 e. The van der Waals surface area contributed by atoms with Crippen LogP contribution in [0.2, 0.25) is 0 Å². The number of nitrogens with one attached hydrogen (secondary N) is 2. The minimum Gasteiger partial charge on any atom is -0.497 e. The van der Waals surface area contributed by atoms with Gasteiger partial charge in [-0.1, -0.05) is 12.1 Å². The van der Waals surface area contributed by atoms with Gasteiger partial charge in [-0.25, -0.2) is 0 Å². The molecular formula is C18H19N5O4. The summed E-state index contributed by atoms with van der Waals surface area (Å²) in [4.78, 5) is 19.9. The third-order valence-corrected chi connectivity index (χ3v) is 3.57. The molecule has 0 aliphatic carbocycles. The molecule has 0 unspecified atom stereocenters. The van der Waals surface area contributed by atoms with Crippen LogP contribution in [0.25, 0.3) is 0 Å². The van der Waals surface area contributed by atoms with Crippen molar-refractivity contribution in [2.24, 2.45) is 0 Å². The number of ether oxygens (including phenoxy) is 2. The van der Waals surface area contributed by atoms with Crippen LogP contribution in [-0.2, 0) is 6.42 Å². The van der Waals surface area contributed by atoms with Crippen LogP contribution in [0, 0.1) is 0 Å². The molecule has 0 radical (unpaired) electrons. The molecule has 3 aromatic rings. The summed E-state index contributed by atoms with van der Waals surface area (Å²) in [5, 5.41) is 0. The SMILES string of the molecule is COc1ccc(CCOc2cc(NNC(=O)c3ccco3)nc(N)n2)cc1. The average molecular weight is 369 g/mol. The molecule has 140 valence electrons. The molecule has 0 atom stereocenters. The van der Waals surface area contributed by atoms with Gasteiger partial charge in [0.25, 0.3) is 0 Å². The van der Waals surface area contributed by atoms with E-state index in [0.717, 1.165) is 11.3 Å². The maximum atomic E-state index is 11.8. The van der Waals surface area contributed by atoms with Crippen molar-refractivity contribution < 1.29 is 18.7 Å². The lowest BCUT2D eigenvalue weighted by Gasteiger charge is -2.10. The number of rotatable bonds is 8. The summed E-state index contributed by atoms with van der Waals surface area (Å²) >= 11 is 0. The van der Waals surface area contributed by atoms with Crippen molar-refractivity contribution in [2.75, 3.05) is 24.9 Å². The van der Waals surface area contributed by atoms with Crippen LogP contribution in [0.1, 0.15) is 16.1 Å². The lowest BCUT2D eigenvalue weighted by molar-refractivity contribution is 0.0935. The summed E-state index contributed by atoms with van der Waals surface area (Å²) in [5.41, 5.74) is 11.9. The summed E-state index contributed by atoms with van der Waals surface area (Å²) in [6, 6.07) is 12.4. The van der Waals surface area contributed by atoms with Crippen LogP contribution >= 0.6 is 0 Å². The molecule has 0 bridgehead atoms. The predicted octanol–water partition coefficient (Wildman–Crippen LogP) is 2.04. The van der Waals surface area contributed by atoms with Crippen molar-refractivity contribution in [1.29, 1.82) is 0 Å². The van der Waals surface area contributed by atoms with E-state index in [4.69, 9.17) is 19.6 Å². The highest BCUT2D eigenvalue weighted by molar-refractivity contribution is 5.92. The zero-order valence-electron chi connectivity index (χ0n) is 14.6. The van der Waals surface area contributed by atoms with Crippen molar-refractivity contribution in [3.05, 3.63) is 60.1 Å². The summed E-state index contributed by atoms with van der Waals surface area (Å²) < 4.78 is 15.8. The maximum Gasteiger partial charge on any atom is 0.305 e. The van der Waals surface area contributed by atoms with Crippen molar-refractivity contribution in [3.63, 3.8) is 0 Å². The molecule has 0 fully saturated rings. The van der Waals surface area contributed by atoms with Gasteiger partial charge in [0.1, 0.15) is 5.75 Å². The van der Waals surface area contributed by atoms with Crippen LogP contribution in [0.15, 0.2) is 53.1 Å². The first-order valence-corrected chi connectivity index (χ1v) is 8.14. The summed E-state index contributed by atoms with van der Waals surface area (Å²) in [6.45, 7) is 0.404. The van der Waals surface area contributed by atoms with Gasteiger partial charge < -0.3 is 19.6 Å². The lowest BCUT2D eigenvalue weighted by Crippen LogP contribution is -2.29. The number of nitrogens with zero attached hydrogens (tertiary/aromatic N) is 2. The number of carbonyl (C=O) groups excluding carboxylic acids is 1. The molecular weight excluding hydrogens is 350 g/mol. The van der Waals surface area contributed by atoms with E-state index in [9.17, 15) is 4.79 Å². The maximum absolute atomic E-state index is 11.8. The standard InChI is InChI=1S/C18H19N5O4/c1-25-13-6-4-12(5-7-13)8-10-27-16-11-15(20-18(19)21-16)22-23-17(24)14-3-2-9-26-14/h2-7,9,11H,8,10H2,1H3,(H,23,24)(H3,19,20,21,22). The second kappa shape index (κ2) is 8.56. The van der Waals surface area contributed by atoms with Gasteiger partial charge in [-0.15, -0.1) is 0 Å². The number of amides is 1. The Morgan fingerprint density at radius 2 is 2.04 bits per heavy atom. The molecule has 0 aliphatic heterocycles. The number of aromatic nitrogens is 2. The Kier molecular flexibility index (Phi) is 5.73. The number of hydrogen-bond donors (Lipinski definition) is 3. The molecule has 2 heterocycles. The van der Waals surface area contributed by atoms with Crippen LogP contribution < -0.4 is 26.1 Å². The van der Waals surface area contributed by atoms with Crippen LogP contribution in [0.3, 0.4) is 0 Å². The van der Waals surface area contributed by atoms with E-state index in [0.29, 0.717) is 24.7 Å². The van der Waals surface area contributed by atoms with E-state index in [2.05, 4.69) is 20.8 Å². The quantitative estimate of drug-likeness (QED) is 0.515. The Morgan fingerprint density at radius 1 is 1.22 bits per heavy atom. The molecule has 9 nitrogen and oxygen atoms in total. The highest BCUT2D eigenvalue weighted by Gasteiger charge is 2.09. The second-order valence-electron chi connectivity index (χ2n) is 5.45.